The Bertz CT molecular complexity index is 852. The molecular weight excluding hydrogens is 382 g/mol. The van der Waals surface area contributed by atoms with Crippen LogP contribution in [0.2, 0.25) is 0 Å². The van der Waals surface area contributed by atoms with Crippen molar-refractivity contribution in [2.75, 3.05) is 13.1 Å². The molecule has 1 aliphatic heterocycles. The average molecular weight is 408 g/mol. The third-order valence-electron chi connectivity index (χ3n) is 5.16. The van der Waals surface area contributed by atoms with E-state index in [-0.39, 0.29) is 11.9 Å². The van der Waals surface area contributed by atoms with Gasteiger partial charge in [-0.25, -0.2) is 8.42 Å². The first-order valence-electron chi connectivity index (χ1n) is 9.27. The maximum Gasteiger partial charge on any atom is 0.314 e. The van der Waals surface area contributed by atoms with Gasteiger partial charge in [0.2, 0.25) is 0 Å². The van der Waals surface area contributed by atoms with Gasteiger partial charge in [-0.05, 0) is 54.3 Å². The van der Waals surface area contributed by atoms with Gasteiger partial charge in [-0.15, -0.1) is 11.3 Å². The molecule has 0 N–H and O–H groups in total. The fourth-order valence-electron chi connectivity index (χ4n) is 3.17. The van der Waals surface area contributed by atoms with Crippen LogP contribution in [-0.2, 0) is 14.8 Å². The summed E-state index contributed by atoms with van der Waals surface area (Å²) in [7, 11) is -3.44. The van der Waals surface area contributed by atoms with Gasteiger partial charge in [-0.1, -0.05) is 32.0 Å². The second-order valence-corrected chi connectivity index (χ2v) is 10.0. The summed E-state index contributed by atoms with van der Waals surface area (Å²) in [5.41, 5.74) is 1.23. The second-order valence-electron chi connectivity index (χ2n) is 6.91. The maximum atomic E-state index is 12.5. The Morgan fingerprint density at radius 3 is 2.44 bits per heavy atom. The molecule has 1 saturated heterocycles. The van der Waals surface area contributed by atoms with Crippen molar-refractivity contribution in [2.24, 2.45) is 5.92 Å². The number of piperidine rings is 1. The number of thiophene rings is 1. The van der Waals surface area contributed by atoms with Crippen LogP contribution in [0.15, 0.2) is 46.0 Å². The van der Waals surface area contributed by atoms with Crippen molar-refractivity contribution >= 4 is 27.3 Å². The number of nitrogens with zero attached hydrogens (tertiary/aromatic N) is 1. The SMILES string of the molecule is CC[C@H](C)c1ccc(OC(=O)C2CCN(S(=O)(=O)c3cccs3)CC2)cc1. The smallest absolute Gasteiger partial charge is 0.314 e. The third-order valence-corrected chi connectivity index (χ3v) is 8.43. The van der Waals surface area contributed by atoms with Gasteiger partial charge in [-0.3, -0.25) is 4.79 Å². The number of esters is 1. The first-order chi connectivity index (χ1) is 12.9. The number of carbonyl (C=O) groups is 1. The van der Waals surface area contributed by atoms with Gasteiger partial charge in [0.1, 0.15) is 9.96 Å². The van der Waals surface area contributed by atoms with E-state index in [0.717, 1.165) is 6.42 Å². The van der Waals surface area contributed by atoms with E-state index in [9.17, 15) is 13.2 Å². The fraction of sp³-hybridized carbons (Fsp3) is 0.450. The van der Waals surface area contributed by atoms with Crippen LogP contribution in [-0.4, -0.2) is 31.8 Å². The Hall–Kier alpha value is -1.70. The molecule has 0 unspecified atom stereocenters. The molecule has 1 aliphatic rings. The molecule has 1 aromatic carbocycles. The zero-order valence-corrected chi connectivity index (χ0v) is 17.3. The molecule has 0 spiro atoms. The van der Waals surface area contributed by atoms with Crippen LogP contribution in [0, 0.1) is 5.92 Å². The lowest BCUT2D eigenvalue weighted by atomic mass is 9.98. The Kier molecular flexibility index (Phi) is 6.34. The number of benzene rings is 1. The average Bonchev–Trinajstić information content (AvgIpc) is 3.24. The summed E-state index contributed by atoms with van der Waals surface area (Å²) in [5, 5.41) is 1.75. The normalized spacial score (nSPS) is 17.6. The molecule has 0 aliphatic carbocycles. The zero-order chi connectivity index (χ0) is 19.4. The number of ether oxygens (including phenoxy) is 1. The highest BCUT2D eigenvalue weighted by Gasteiger charge is 2.33. The van der Waals surface area contributed by atoms with Gasteiger partial charge in [0.05, 0.1) is 5.92 Å². The van der Waals surface area contributed by atoms with Gasteiger partial charge in [0.25, 0.3) is 10.0 Å². The molecule has 146 valence electrons. The summed E-state index contributed by atoms with van der Waals surface area (Å²) in [6.07, 6.45) is 2.02. The van der Waals surface area contributed by atoms with E-state index >= 15 is 0 Å². The van der Waals surface area contributed by atoms with Crippen molar-refractivity contribution in [3.63, 3.8) is 0 Å². The Labute approximate surface area is 165 Å². The lowest BCUT2D eigenvalue weighted by molar-refractivity contribution is -0.140. The number of carbonyl (C=O) groups excluding carboxylic acids is 1. The molecule has 2 aromatic rings. The van der Waals surface area contributed by atoms with Crippen molar-refractivity contribution in [2.45, 2.75) is 43.2 Å². The van der Waals surface area contributed by atoms with Crippen LogP contribution in [0.1, 0.15) is 44.6 Å². The molecule has 3 rings (SSSR count). The van der Waals surface area contributed by atoms with Crippen molar-refractivity contribution in [1.29, 1.82) is 0 Å². The van der Waals surface area contributed by atoms with Crippen LogP contribution in [0.25, 0.3) is 0 Å². The summed E-state index contributed by atoms with van der Waals surface area (Å²) in [6, 6.07) is 11.0. The molecule has 0 bridgehead atoms. The molecule has 0 amide bonds. The molecule has 1 aromatic heterocycles. The first kappa shape index (κ1) is 20.0. The molecule has 1 atom stereocenters. The number of rotatable bonds is 6. The van der Waals surface area contributed by atoms with E-state index in [1.54, 1.807) is 17.5 Å². The van der Waals surface area contributed by atoms with E-state index in [1.807, 2.05) is 24.3 Å². The quantitative estimate of drug-likeness (QED) is 0.530. The highest BCUT2D eigenvalue weighted by Crippen LogP contribution is 2.28. The van der Waals surface area contributed by atoms with Crippen LogP contribution < -0.4 is 4.74 Å². The second kappa shape index (κ2) is 8.54. The van der Waals surface area contributed by atoms with E-state index in [2.05, 4.69) is 13.8 Å². The van der Waals surface area contributed by atoms with Gasteiger partial charge in [0.15, 0.2) is 0 Å². The van der Waals surface area contributed by atoms with E-state index in [1.165, 1.54) is 21.2 Å². The molecule has 7 heteroatoms. The van der Waals surface area contributed by atoms with Crippen molar-refractivity contribution in [3.05, 3.63) is 47.3 Å². The lowest BCUT2D eigenvalue weighted by Crippen LogP contribution is -2.40. The van der Waals surface area contributed by atoms with Gasteiger partial charge >= 0.3 is 5.97 Å². The molecule has 0 radical (unpaired) electrons. The van der Waals surface area contributed by atoms with Crippen molar-refractivity contribution in [3.8, 4) is 5.75 Å². The van der Waals surface area contributed by atoms with Crippen LogP contribution in [0.4, 0.5) is 0 Å². The maximum absolute atomic E-state index is 12.5. The first-order valence-corrected chi connectivity index (χ1v) is 11.6. The van der Waals surface area contributed by atoms with Crippen LogP contribution >= 0.6 is 11.3 Å². The minimum absolute atomic E-state index is 0.269. The molecular formula is C20H25NO4S2. The minimum Gasteiger partial charge on any atom is -0.426 e. The summed E-state index contributed by atoms with van der Waals surface area (Å²) < 4.78 is 32.4. The fourth-order valence-corrected chi connectivity index (χ4v) is 5.78. The Morgan fingerprint density at radius 2 is 1.89 bits per heavy atom. The van der Waals surface area contributed by atoms with Gasteiger partial charge < -0.3 is 4.74 Å². The molecule has 5 nitrogen and oxygen atoms in total. The van der Waals surface area contributed by atoms with Crippen LogP contribution in [0.3, 0.4) is 0 Å². The largest absolute Gasteiger partial charge is 0.426 e. The summed E-state index contributed by atoms with van der Waals surface area (Å²) >= 11 is 1.22. The third kappa shape index (κ3) is 4.59. The van der Waals surface area contributed by atoms with E-state index in [0.29, 0.717) is 41.8 Å². The van der Waals surface area contributed by atoms with Gasteiger partial charge in [0, 0.05) is 13.1 Å². The summed E-state index contributed by atoms with van der Waals surface area (Å²) in [6.45, 7) is 4.99. The summed E-state index contributed by atoms with van der Waals surface area (Å²) in [5.74, 6) is 0.471. The van der Waals surface area contributed by atoms with Crippen molar-refractivity contribution in [1.82, 2.24) is 4.31 Å². The van der Waals surface area contributed by atoms with Crippen LogP contribution in [0.5, 0.6) is 5.75 Å². The highest BCUT2D eigenvalue weighted by atomic mass is 32.2. The van der Waals surface area contributed by atoms with Crippen molar-refractivity contribution < 1.29 is 17.9 Å². The molecule has 2 heterocycles. The standard InChI is InChI=1S/C20H25NO4S2/c1-3-15(2)16-6-8-18(9-7-16)25-20(22)17-10-12-21(13-11-17)27(23,24)19-5-4-14-26-19/h4-9,14-15,17H,3,10-13H2,1-2H3/t15-/m0/s1. The minimum atomic E-state index is -3.44. The Morgan fingerprint density at radius 1 is 1.22 bits per heavy atom. The topological polar surface area (TPSA) is 63.7 Å². The monoisotopic (exact) mass is 407 g/mol. The molecule has 1 fully saturated rings. The predicted molar refractivity (Wildman–Crippen MR) is 107 cm³/mol. The summed E-state index contributed by atoms with van der Waals surface area (Å²) in [4.78, 5) is 12.4. The molecule has 27 heavy (non-hydrogen) atoms. The highest BCUT2D eigenvalue weighted by molar-refractivity contribution is 7.91. The number of hydrogen-bond donors (Lipinski definition) is 0. The predicted octanol–water partition coefficient (Wildman–Crippen LogP) is 4.27. The number of hydrogen-bond acceptors (Lipinski definition) is 5. The number of sulfonamides is 1. The lowest BCUT2D eigenvalue weighted by Gasteiger charge is -2.29. The van der Waals surface area contributed by atoms with E-state index in [4.69, 9.17) is 4.74 Å². The Balaban J connectivity index is 1.56. The molecule has 0 saturated carbocycles. The van der Waals surface area contributed by atoms with E-state index < -0.39 is 10.0 Å². The van der Waals surface area contributed by atoms with Gasteiger partial charge in [-0.2, -0.15) is 4.31 Å². The zero-order valence-electron chi connectivity index (χ0n) is 15.6.